The number of ketones is 7. The number of hydrogen-bond donors (Lipinski definition) is 4. The minimum Gasteiger partial charge on any atom is -0.496 e. The summed E-state index contributed by atoms with van der Waals surface area (Å²) < 4.78 is 5.28. The molecule has 0 unspecified atom stereocenters. The largest absolute Gasteiger partial charge is 0.496 e. The summed E-state index contributed by atoms with van der Waals surface area (Å²) in [6, 6.07) is 65.7. The Bertz CT molecular complexity index is 3750. The molecule has 0 aromatic heterocycles. The molecule has 7 N–H and O–H groups in total. The second-order valence-electron chi connectivity index (χ2n) is 25.9. The van der Waals surface area contributed by atoms with E-state index in [9.17, 15) is 38.4 Å². The highest BCUT2D eigenvalue weighted by Gasteiger charge is 2.13. The molecular formula is C87H106N4O9. The molecule has 0 aliphatic carbocycles. The number of carbonyl (C=O) groups excluding carboxylic acids is 8. The van der Waals surface area contributed by atoms with Crippen molar-refractivity contribution in [2.75, 3.05) is 29.6 Å². The number of benzene rings is 8. The van der Waals surface area contributed by atoms with Crippen LogP contribution in [0.2, 0.25) is 0 Å². The summed E-state index contributed by atoms with van der Waals surface area (Å²) in [5, 5.41) is 2.83. The highest BCUT2D eigenvalue weighted by atomic mass is 16.5. The van der Waals surface area contributed by atoms with Crippen LogP contribution in [0.15, 0.2) is 206 Å². The molecule has 13 nitrogen and oxygen atoms in total. The molecule has 8 aromatic rings. The topological polar surface area (TPSA) is 236 Å². The number of unbranched alkanes of at least 4 members (excludes halogenated alkanes) is 9. The molecule has 0 saturated carbocycles. The Kier molecular flexibility index (Phi) is 38.8. The van der Waals surface area contributed by atoms with Gasteiger partial charge in [0.05, 0.1) is 18.5 Å². The van der Waals surface area contributed by atoms with Crippen molar-refractivity contribution in [3.63, 3.8) is 0 Å². The van der Waals surface area contributed by atoms with Gasteiger partial charge >= 0.3 is 0 Å². The first-order chi connectivity index (χ1) is 48.4. The molecule has 0 atom stereocenters. The van der Waals surface area contributed by atoms with Gasteiger partial charge in [-0.3, -0.25) is 38.4 Å². The third-order valence-electron chi connectivity index (χ3n) is 17.1. The molecule has 13 heteroatoms. The summed E-state index contributed by atoms with van der Waals surface area (Å²) in [4.78, 5) is 95.8. The number of amides is 1. The third kappa shape index (κ3) is 35.6. The van der Waals surface area contributed by atoms with Crippen LogP contribution in [0, 0.1) is 13.8 Å². The monoisotopic (exact) mass is 1350 g/mol. The Hall–Kier alpha value is -9.88. The predicted octanol–water partition coefficient (Wildman–Crippen LogP) is 17.8. The molecule has 0 aliphatic heterocycles. The van der Waals surface area contributed by atoms with Crippen LogP contribution in [-0.2, 0) is 83.3 Å². The molecule has 0 bridgehead atoms. The number of Topliss-reactive ketones (excluding diaryl/α,β-unsaturated/α-hetero) is 7. The van der Waals surface area contributed by atoms with Crippen LogP contribution < -0.4 is 27.3 Å². The Morgan fingerprint density at radius 1 is 0.280 bits per heavy atom. The van der Waals surface area contributed by atoms with E-state index in [1.54, 1.807) is 19.2 Å². The summed E-state index contributed by atoms with van der Waals surface area (Å²) >= 11 is 0. The van der Waals surface area contributed by atoms with Gasteiger partial charge in [0.2, 0.25) is 5.91 Å². The zero-order valence-electron chi connectivity index (χ0n) is 59.3. The maximum absolute atomic E-state index is 12.1. The van der Waals surface area contributed by atoms with Gasteiger partial charge in [0, 0.05) is 113 Å². The lowest BCUT2D eigenvalue weighted by atomic mass is 10.0. The van der Waals surface area contributed by atoms with Crippen molar-refractivity contribution < 1.29 is 43.1 Å². The average molecular weight is 1350 g/mol. The smallest absolute Gasteiger partial charge is 0.224 e. The summed E-state index contributed by atoms with van der Waals surface area (Å²) in [5.41, 5.74) is 29.6. The molecule has 8 aromatic carbocycles. The van der Waals surface area contributed by atoms with E-state index in [2.05, 4.69) is 5.32 Å². The van der Waals surface area contributed by atoms with Crippen LogP contribution in [0.5, 0.6) is 5.75 Å². The van der Waals surface area contributed by atoms with Crippen LogP contribution in [0.3, 0.4) is 0 Å². The van der Waals surface area contributed by atoms with E-state index < -0.39 is 0 Å². The lowest BCUT2D eigenvalue weighted by Gasteiger charge is -2.07. The van der Waals surface area contributed by atoms with E-state index in [1.807, 2.05) is 208 Å². The number of rotatable bonds is 41. The normalized spacial score (nSPS) is 10.5. The number of methoxy groups -OCH3 is 1. The highest BCUT2D eigenvalue weighted by molar-refractivity contribution is 5.93. The van der Waals surface area contributed by atoms with Crippen LogP contribution >= 0.6 is 0 Å². The number of para-hydroxylation sites is 5. The van der Waals surface area contributed by atoms with Gasteiger partial charge in [-0.25, -0.2) is 0 Å². The first kappa shape index (κ1) is 80.8. The van der Waals surface area contributed by atoms with Gasteiger partial charge in [0.1, 0.15) is 46.2 Å². The van der Waals surface area contributed by atoms with Gasteiger partial charge in [-0.2, -0.15) is 0 Å². The summed E-state index contributed by atoms with van der Waals surface area (Å²) in [7, 11) is 1.62. The molecule has 100 heavy (non-hydrogen) atoms. The molecule has 528 valence electrons. The van der Waals surface area contributed by atoms with Gasteiger partial charge in [0.15, 0.2) is 0 Å². The zero-order chi connectivity index (χ0) is 72.0. The molecule has 0 saturated heterocycles. The van der Waals surface area contributed by atoms with Crippen LogP contribution in [0.4, 0.5) is 22.7 Å². The van der Waals surface area contributed by atoms with Crippen molar-refractivity contribution in [1.29, 1.82) is 0 Å². The summed E-state index contributed by atoms with van der Waals surface area (Å²) in [6.07, 6.45) is 19.2. The second kappa shape index (κ2) is 48.0. The van der Waals surface area contributed by atoms with E-state index in [4.69, 9.17) is 21.9 Å². The molecule has 0 radical (unpaired) electrons. The zero-order valence-corrected chi connectivity index (χ0v) is 59.3. The minimum atomic E-state index is -0.0157. The van der Waals surface area contributed by atoms with Crippen molar-refractivity contribution in [1.82, 2.24) is 0 Å². The van der Waals surface area contributed by atoms with E-state index in [0.717, 1.165) is 128 Å². The molecule has 0 heterocycles. The van der Waals surface area contributed by atoms with Crippen LogP contribution in [0.25, 0.3) is 0 Å². The lowest BCUT2D eigenvalue weighted by Crippen LogP contribution is -2.12. The van der Waals surface area contributed by atoms with Crippen molar-refractivity contribution in [2.45, 2.75) is 194 Å². The number of nitrogen functional groups attached to an aromatic ring is 3. The van der Waals surface area contributed by atoms with Crippen molar-refractivity contribution in [3.05, 3.63) is 256 Å². The SMILES string of the molecule is COc1ccccc1CC(=O)CCCCCC(=O)Cc1ccc(C)cc1.Cc1ccc(CC(=O)CCCCCC(=O)Cc2ccccc2N)cc1.Nc1ccccc1CC(=O)CCCCCC(=O)Cc1ccccc1.Nc1ccccc1NC(=O)CCCCCCC(=O)Cc1ccccc1. The number of nitrogens with one attached hydrogen (secondary N) is 1. The van der Waals surface area contributed by atoms with Crippen molar-refractivity contribution >= 4 is 69.1 Å². The molecule has 8 rings (SSSR count). The highest BCUT2D eigenvalue weighted by Crippen LogP contribution is 2.22. The number of ether oxygens (including phenoxy) is 1. The summed E-state index contributed by atoms with van der Waals surface area (Å²) in [6.45, 7) is 4.08. The van der Waals surface area contributed by atoms with Gasteiger partial charge < -0.3 is 27.3 Å². The van der Waals surface area contributed by atoms with Crippen molar-refractivity contribution in [3.8, 4) is 5.75 Å². The number of carbonyl (C=O) groups is 8. The predicted molar refractivity (Wildman–Crippen MR) is 407 cm³/mol. The Balaban J connectivity index is 0.000000240. The second-order valence-corrected chi connectivity index (χ2v) is 25.9. The quantitative estimate of drug-likeness (QED) is 0.0207. The van der Waals surface area contributed by atoms with Gasteiger partial charge in [-0.15, -0.1) is 0 Å². The van der Waals surface area contributed by atoms with E-state index in [1.165, 1.54) is 11.1 Å². The molecule has 0 spiro atoms. The van der Waals surface area contributed by atoms with Gasteiger partial charge in [-0.1, -0.05) is 219 Å². The Labute approximate surface area is 594 Å². The first-order valence-corrected chi connectivity index (χ1v) is 35.7. The first-order valence-electron chi connectivity index (χ1n) is 35.7. The molecule has 0 aliphatic rings. The maximum atomic E-state index is 12.1. The number of hydrogen-bond acceptors (Lipinski definition) is 12. The number of aryl methyl sites for hydroxylation is 2. The fourth-order valence-electron chi connectivity index (χ4n) is 11.3. The maximum Gasteiger partial charge on any atom is 0.224 e. The Morgan fingerprint density at radius 2 is 0.550 bits per heavy atom. The average Bonchev–Trinajstić information content (AvgIpc) is 0.986. The van der Waals surface area contributed by atoms with Gasteiger partial charge in [-0.05, 0) is 129 Å². The Morgan fingerprint density at radius 3 is 0.900 bits per heavy atom. The van der Waals surface area contributed by atoms with Crippen LogP contribution in [0.1, 0.15) is 185 Å². The number of anilines is 4. The number of nitrogens with two attached hydrogens (primary N) is 3. The molecular weight excluding hydrogens is 1240 g/mol. The standard InChI is InChI=1S/C23H28O3.C22H27NO2.C21H26N2O2.C21H25NO2/c1-18-12-14-19(15-13-18)16-21(24)9-4-3-5-10-22(25)17-20-8-6-7-11-23(20)26-2;1-17-11-13-18(14-12-17)15-20(24)8-3-2-4-9-21(25)16-19-7-5-6-10-22(19)23;22-19-13-8-9-14-20(19)23-21(25)15-7-2-1-6-12-18(24)16-17-10-4-3-5-11-17;22-21-14-8-7-11-18(21)16-20(24)13-6-2-5-12-19(23)15-17-9-3-1-4-10-17/h6-8,11-15H,3-5,9-10,16-17H2,1-2H3;5-7,10-14H,2-4,8-9,15-16,23H2,1H3;3-5,8-11,13-14H,1-2,6-7,12,15-16,22H2,(H,23,25);1,3-4,7-11,14H,2,5-6,12-13,15-16,22H2. The third-order valence-corrected chi connectivity index (χ3v) is 17.1. The van der Waals surface area contributed by atoms with E-state index in [-0.39, 0.29) is 46.4 Å². The fourth-order valence-corrected chi connectivity index (χ4v) is 11.3. The van der Waals surface area contributed by atoms with Crippen molar-refractivity contribution in [2.24, 2.45) is 0 Å². The van der Waals surface area contributed by atoms with Crippen LogP contribution in [-0.4, -0.2) is 53.5 Å². The summed E-state index contributed by atoms with van der Waals surface area (Å²) in [5.74, 6) is 2.49. The van der Waals surface area contributed by atoms with E-state index in [0.29, 0.717) is 119 Å². The van der Waals surface area contributed by atoms with E-state index >= 15 is 0 Å². The molecule has 1 amide bonds. The molecule has 0 fully saturated rings. The lowest BCUT2D eigenvalue weighted by molar-refractivity contribution is -0.119. The fraction of sp³-hybridized carbons (Fsp3) is 0.356. The van der Waals surface area contributed by atoms with Gasteiger partial charge in [0.25, 0.3) is 0 Å². The minimum absolute atomic E-state index is 0.0157.